The van der Waals surface area contributed by atoms with Gasteiger partial charge in [-0.3, -0.25) is 0 Å². The highest BCUT2D eigenvalue weighted by molar-refractivity contribution is 7.13. The van der Waals surface area contributed by atoms with E-state index in [1.54, 1.807) is 22.1 Å². The molecule has 7 heteroatoms. The smallest absolute Gasteiger partial charge is 0.357 e. The largest absolute Gasteiger partial charge is 0.454 e. The lowest BCUT2D eigenvalue weighted by Crippen LogP contribution is -2.12. The van der Waals surface area contributed by atoms with Crippen molar-refractivity contribution in [1.29, 1.82) is 0 Å². The van der Waals surface area contributed by atoms with Crippen molar-refractivity contribution in [2.75, 3.05) is 0 Å². The molecule has 0 saturated carbocycles. The van der Waals surface area contributed by atoms with Crippen LogP contribution in [0.5, 0.6) is 0 Å². The highest BCUT2D eigenvalue weighted by atomic mass is 32.1. The first-order valence-corrected chi connectivity index (χ1v) is 9.95. The lowest BCUT2D eigenvalue weighted by molar-refractivity contribution is 0.0457. The number of hydrogen-bond donors (Lipinski definition) is 0. The summed E-state index contributed by atoms with van der Waals surface area (Å²) in [5.74, 6) is -0.443. The van der Waals surface area contributed by atoms with Gasteiger partial charge in [0.1, 0.15) is 17.9 Å². The number of para-hydroxylation sites is 1. The lowest BCUT2D eigenvalue weighted by Gasteiger charge is -2.07. The van der Waals surface area contributed by atoms with E-state index in [1.807, 2.05) is 82.8 Å². The third-order valence-electron chi connectivity index (χ3n) is 4.46. The fourth-order valence-electron chi connectivity index (χ4n) is 3.11. The van der Waals surface area contributed by atoms with Gasteiger partial charge in [-0.15, -0.1) is 11.3 Å². The maximum atomic E-state index is 12.9. The second-order valence-corrected chi connectivity index (χ2v) is 7.36. The van der Waals surface area contributed by atoms with E-state index in [2.05, 4.69) is 10.1 Å². The van der Waals surface area contributed by atoms with Gasteiger partial charge in [-0.25, -0.2) is 14.5 Å². The summed E-state index contributed by atoms with van der Waals surface area (Å²) in [6.07, 6.45) is 3.76. The van der Waals surface area contributed by atoms with Crippen molar-refractivity contribution in [3.63, 3.8) is 0 Å². The molecule has 0 fully saturated rings. The SMILES string of the molecule is O=C(OCc1cn2ccccc2n1)c1cc(-c2cccs2)nn1-c1ccccc1. The van der Waals surface area contributed by atoms with Crippen molar-refractivity contribution in [2.45, 2.75) is 6.61 Å². The third-order valence-corrected chi connectivity index (χ3v) is 5.35. The molecule has 0 radical (unpaired) electrons. The molecule has 4 heterocycles. The Morgan fingerprint density at radius 1 is 1.03 bits per heavy atom. The number of thiophene rings is 1. The van der Waals surface area contributed by atoms with Crippen LogP contribution in [-0.2, 0) is 11.3 Å². The van der Waals surface area contributed by atoms with Crippen molar-refractivity contribution in [3.05, 3.63) is 95.9 Å². The lowest BCUT2D eigenvalue weighted by atomic mass is 10.3. The average Bonchev–Trinajstić information content (AvgIpc) is 3.51. The van der Waals surface area contributed by atoms with Crippen LogP contribution in [0.1, 0.15) is 16.2 Å². The van der Waals surface area contributed by atoms with Crippen LogP contribution in [0.2, 0.25) is 0 Å². The van der Waals surface area contributed by atoms with Crippen LogP contribution in [0.4, 0.5) is 0 Å². The summed E-state index contributed by atoms with van der Waals surface area (Å²) in [5.41, 5.74) is 3.42. The highest BCUT2D eigenvalue weighted by Gasteiger charge is 2.19. The summed E-state index contributed by atoms with van der Waals surface area (Å²) in [5, 5.41) is 6.62. The van der Waals surface area contributed by atoms with Gasteiger partial charge < -0.3 is 9.14 Å². The molecule has 0 spiro atoms. The molecule has 0 atom stereocenters. The van der Waals surface area contributed by atoms with Gasteiger partial charge in [0.2, 0.25) is 0 Å². The highest BCUT2D eigenvalue weighted by Crippen LogP contribution is 2.26. The molecule has 4 aromatic heterocycles. The van der Waals surface area contributed by atoms with E-state index in [4.69, 9.17) is 4.74 Å². The molecular formula is C22H16N4O2S. The molecule has 0 aliphatic heterocycles. The summed E-state index contributed by atoms with van der Waals surface area (Å²) < 4.78 is 9.09. The number of aromatic nitrogens is 4. The van der Waals surface area contributed by atoms with Gasteiger partial charge >= 0.3 is 5.97 Å². The van der Waals surface area contributed by atoms with Gasteiger partial charge in [0, 0.05) is 18.5 Å². The Balaban J connectivity index is 1.44. The molecule has 29 heavy (non-hydrogen) atoms. The minimum atomic E-state index is -0.443. The fourth-order valence-corrected chi connectivity index (χ4v) is 3.79. The van der Waals surface area contributed by atoms with Crippen LogP contribution in [0, 0.1) is 0 Å². The maximum Gasteiger partial charge on any atom is 0.357 e. The van der Waals surface area contributed by atoms with Gasteiger partial charge in [0.15, 0.2) is 5.69 Å². The maximum absolute atomic E-state index is 12.9. The molecule has 0 bridgehead atoms. The number of fused-ring (bicyclic) bond motifs is 1. The molecule has 5 rings (SSSR count). The quantitative estimate of drug-likeness (QED) is 0.404. The number of imidazole rings is 1. The Morgan fingerprint density at radius 2 is 1.90 bits per heavy atom. The van der Waals surface area contributed by atoms with E-state index in [1.165, 1.54) is 0 Å². The van der Waals surface area contributed by atoms with Gasteiger partial charge in [-0.2, -0.15) is 5.10 Å². The number of nitrogens with zero attached hydrogens (tertiary/aromatic N) is 4. The van der Waals surface area contributed by atoms with Crippen molar-refractivity contribution < 1.29 is 9.53 Å². The van der Waals surface area contributed by atoms with Gasteiger partial charge in [-0.1, -0.05) is 30.3 Å². The zero-order chi connectivity index (χ0) is 19.6. The van der Waals surface area contributed by atoms with Crippen LogP contribution in [0.3, 0.4) is 0 Å². The molecule has 5 aromatic rings. The molecule has 6 nitrogen and oxygen atoms in total. The van der Waals surface area contributed by atoms with Crippen LogP contribution in [0.25, 0.3) is 21.9 Å². The fraction of sp³-hybridized carbons (Fsp3) is 0.0455. The first-order chi connectivity index (χ1) is 14.3. The zero-order valence-electron chi connectivity index (χ0n) is 15.3. The topological polar surface area (TPSA) is 61.4 Å². The van der Waals surface area contributed by atoms with Crippen LogP contribution in [-0.4, -0.2) is 25.1 Å². The number of benzene rings is 1. The monoisotopic (exact) mass is 400 g/mol. The van der Waals surface area contributed by atoms with E-state index in [0.29, 0.717) is 11.4 Å². The summed E-state index contributed by atoms with van der Waals surface area (Å²) >= 11 is 1.58. The average molecular weight is 400 g/mol. The molecule has 0 aliphatic carbocycles. The van der Waals surface area contributed by atoms with Crippen molar-refractivity contribution in [2.24, 2.45) is 0 Å². The molecule has 142 valence electrons. The van der Waals surface area contributed by atoms with Gasteiger partial charge in [0.25, 0.3) is 0 Å². The predicted octanol–water partition coefficient (Wildman–Crippen LogP) is 4.61. The molecule has 1 aromatic carbocycles. The number of hydrogen-bond acceptors (Lipinski definition) is 5. The summed E-state index contributed by atoms with van der Waals surface area (Å²) in [4.78, 5) is 18.4. The Labute approximate surface area is 170 Å². The molecular weight excluding hydrogens is 384 g/mol. The number of esters is 1. The predicted molar refractivity (Wildman–Crippen MR) is 111 cm³/mol. The zero-order valence-corrected chi connectivity index (χ0v) is 16.1. The number of rotatable bonds is 5. The molecule has 0 N–H and O–H groups in total. The first kappa shape index (κ1) is 17.4. The standard InChI is InChI=1S/C22H16N4O2S/c27-22(28-15-16-14-25-11-5-4-10-21(25)23-16)19-13-18(20-9-6-12-29-20)24-26(19)17-7-2-1-3-8-17/h1-14H,15H2. The number of pyridine rings is 1. The van der Waals surface area contributed by atoms with Gasteiger partial charge in [0.05, 0.1) is 16.3 Å². The molecule has 0 aliphatic rings. The number of carbonyl (C=O) groups excluding carboxylic acids is 1. The summed E-state index contributed by atoms with van der Waals surface area (Å²) in [7, 11) is 0. The van der Waals surface area contributed by atoms with Gasteiger partial charge in [-0.05, 0) is 35.7 Å². The van der Waals surface area contributed by atoms with E-state index in [-0.39, 0.29) is 6.61 Å². The molecule has 0 unspecified atom stereocenters. The van der Waals surface area contributed by atoms with E-state index < -0.39 is 5.97 Å². The summed E-state index contributed by atoms with van der Waals surface area (Å²) in [6.45, 7) is 0.0921. The number of ether oxygens (including phenoxy) is 1. The van der Waals surface area contributed by atoms with E-state index in [0.717, 1.165) is 21.9 Å². The Bertz CT molecular complexity index is 1240. The Kier molecular flexibility index (Phi) is 4.42. The minimum Gasteiger partial charge on any atom is -0.454 e. The third kappa shape index (κ3) is 3.43. The normalized spacial score (nSPS) is 11.0. The summed E-state index contributed by atoms with van der Waals surface area (Å²) in [6, 6.07) is 21.0. The second-order valence-electron chi connectivity index (χ2n) is 6.41. The van der Waals surface area contributed by atoms with Crippen LogP contribution >= 0.6 is 11.3 Å². The Hall–Kier alpha value is -3.71. The van der Waals surface area contributed by atoms with E-state index in [9.17, 15) is 4.79 Å². The molecule has 0 saturated heterocycles. The number of carbonyl (C=O) groups is 1. The van der Waals surface area contributed by atoms with E-state index >= 15 is 0 Å². The van der Waals surface area contributed by atoms with Crippen molar-refractivity contribution >= 4 is 23.0 Å². The first-order valence-electron chi connectivity index (χ1n) is 9.07. The van der Waals surface area contributed by atoms with Crippen LogP contribution < -0.4 is 0 Å². The van der Waals surface area contributed by atoms with Crippen LogP contribution in [0.15, 0.2) is 84.5 Å². The minimum absolute atomic E-state index is 0.0921. The van der Waals surface area contributed by atoms with Crippen molar-refractivity contribution in [3.8, 4) is 16.3 Å². The molecule has 0 amide bonds. The van der Waals surface area contributed by atoms with Crippen molar-refractivity contribution in [1.82, 2.24) is 19.2 Å². The second kappa shape index (κ2) is 7.37. The Morgan fingerprint density at radius 3 is 2.69 bits per heavy atom.